The fraction of sp³-hybridized carbons (Fsp3) is 0.192. The highest BCUT2D eigenvalue weighted by Gasteiger charge is 2.35. The summed E-state index contributed by atoms with van der Waals surface area (Å²) in [5.41, 5.74) is 2.45. The molecule has 7 nitrogen and oxygen atoms in total. The number of alkyl halides is 3. The summed E-state index contributed by atoms with van der Waals surface area (Å²) in [5.74, 6) is 2.11. The summed E-state index contributed by atoms with van der Waals surface area (Å²) >= 11 is 0. The number of carbonyl (C=O) groups excluding carboxylic acids is 1. The Labute approximate surface area is 218 Å². The van der Waals surface area contributed by atoms with Gasteiger partial charge in [0.2, 0.25) is 5.91 Å². The summed E-state index contributed by atoms with van der Waals surface area (Å²) in [6.07, 6.45) is -5.15. The molecule has 1 aliphatic heterocycles. The van der Waals surface area contributed by atoms with Gasteiger partial charge in [0.05, 0.1) is 29.8 Å². The summed E-state index contributed by atoms with van der Waals surface area (Å²) in [7, 11) is 0. The van der Waals surface area contributed by atoms with E-state index in [1.807, 2.05) is 0 Å². The van der Waals surface area contributed by atoms with Gasteiger partial charge in [-0.25, -0.2) is 19.0 Å². The molecule has 3 aromatic rings. The van der Waals surface area contributed by atoms with E-state index in [2.05, 4.69) is 5.32 Å². The lowest BCUT2D eigenvalue weighted by molar-refractivity contribution is -0.140. The number of hydrazine groups is 1. The number of benzene rings is 3. The monoisotopic (exact) mass is 552 g/mol. The van der Waals surface area contributed by atoms with Gasteiger partial charge < -0.3 is 25.5 Å². The highest BCUT2D eigenvalue weighted by atomic mass is 19.4. The van der Waals surface area contributed by atoms with Gasteiger partial charge in [0, 0.05) is 11.9 Å². The number of halogens is 6. The quantitative estimate of drug-likeness (QED) is 0.225. The molecule has 0 saturated heterocycles. The zero-order valence-corrected chi connectivity index (χ0v) is 20.1. The van der Waals surface area contributed by atoms with Gasteiger partial charge in [0.1, 0.15) is 24.1 Å². The third kappa shape index (κ3) is 6.55. The molecule has 13 heteroatoms. The Morgan fingerprint density at radius 1 is 1.05 bits per heavy atom. The summed E-state index contributed by atoms with van der Waals surface area (Å²) in [6.45, 7) is 0.248. The topological polar surface area (TPSA) is 103 Å². The van der Waals surface area contributed by atoms with Crippen LogP contribution >= 0.6 is 0 Å². The molecule has 206 valence electrons. The van der Waals surface area contributed by atoms with E-state index >= 15 is 0 Å². The first kappa shape index (κ1) is 27.6. The first-order valence-corrected chi connectivity index (χ1v) is 11.4. The molecule has 4 rings (SSSR count). The number of nitrogens with zero attached hydrogens (tertiary/aromatic N) is 1. The highest BCUT2D eigenvalue weighted by molar-refractivity contribution is 5.92. The van der Waals surface area contributed by atoms with Gasteiger partial charge in [0.25, 0.3) is 0 Å². The Morgan fingerprint density at radius 2 is 1.72 bits per heavy atom. The number of amides is 1. The standard InChI is InChI=1S/C26H22F6N4O3/c27-18-9-15(35-23(37)8-14-4-3-5-17(25(14)29)26(30,31)32)10-19(28)24(18)20(33)12-36(34)11-16-13-38-21-6-1-2-7-22(21)39-16/h1-7,9-10,12,16H,8,11,13,33-34H2,(H,35,37)/b20-12-. The van der Waals surface area contributed by atoms with Crippen LogP contribution in [0.5, 0.6) is 11.5 Å². The van der Waals surface area contributed by atoms with Crippen LogP contribution in [0.1, 0.15) is 16.7 Å². The summed E-state index contributed by atoms with van der Waals surface area (Å²) < 4.78 is 93.8. The average Bonchev–Trinajstić information content (AvgIpc) is 2.84. The normalized spacial score (nSPS) is 15.2. The van der Waals surface area contributed by atoms with Crippen LogP contribution in [0.25, 0.3) is 5.70 Å². The molecular formula is C26H22F6N4O3. The number of ether oxygens (including phenoxy) is 2. The smallest absolute Gasteiger partial charge is 0.419 e. The minimum absolute atomic E-state index is 0.0680. The Balaban J connectivity index is 1.42. The Bertz CT molecular complexity index is 1390. The molecule has 1 atom stereocenters. The molecule has 0 radical (unpaired) electrons. The molecule has 1 aliphatic rings. The van der Waals surface area contributed by atoms with Gasteiger partial charge in [-0.2, -0.15) is 13.2 Å². The Kier molecular flexibility index (Phi) is 7.90. The maximum Gasteiger partial charge on any atom is 0.419 e. The van der Waals surface area contributed by atoms with Crippen molar-refractivity contribution in [3.05, 3.63) is 94.9 Å². The van der Waals surface area contributed by atoms with Gasteiger partial charge in [-0.15, -0.1) is 0 Å². The number of carbonyl (C=O) groups is 1. The minimum Gasteiger partial charge on any atom is -0.486 e. The fourth-order valence-electron chi connectivity index (χ4n) is 3.92. The number of nitrogens with two attached hydrogens (primary N) is 2. The summed E-state index contributed by atoms with van der Waals surface area (Å²) in [6, 6.07) is 11.0. The third-order valence-corrected chi connectivity index (χ3v) is 5.64. The Hall–Kier alpha value is -4.39. The maximum absolute atomic E-state index is 14.8. The van der Waals surface area contributed by atoms with Crippen LogP contribution < -0.4 is 26.4 Å². The van der Waals surface area contributed by atoms with E-state index in [1.54, 1.807) is 24.3 Å². The van der Waals surface area contributed by atoms with E-state index in [-0.39, 0.29) is 24.5 Å². The van der Waals surface area contributed by atoms with Crippen molar-refractivity contribution < 1.29 is 40.6 Å². The first-order chi connectivity index (χ1) is 18.4. The minimum atomic E-state index is -4.95. The van der Waals surface area contributed by atoms with Crippen molar-refractivity contribution in [1.82, 2.24) is 5.01 Å². The van der Waals surface area contributed by atoms with E-state index < -0.39 is 58.8 Å². The van der Waals surface area contributed by atoms with Crippen molar-refractivity contribution in [2.75, 3.05) is 18.5 Å². The number of nitrogens with one attached hydrogen (secondary N) is 1. The molecular weight excluding hydrogens is 530 g/mol. The molecule has 5 N–H and O–H groups in total. The number of hydrogen-bond acceptors (Lipinski definition) is 6. The van der Waals surface area contributed by atoms with Crippen molar-refractivity contribution in [3.63, 3.8) is 0 Å². The van der Waals surface area contributed by atoms with Gasteiger partial charge in [-0.1, -0.05) is 24.3 Å². The van der Waals surface area contributed by atoms with Crippen molar-refractivity contribution >= 4 is 17.3 Å². The van der Waals surface area contributed by atoms with E-state index in [0.717, 1.165) is 35.5 Å². The third-order valence-electron chi connectivity index (χ3n) is 5.64. The van der Waals surface area contributed by atoms with E-state index in [9.17, 15) is 31.1 Å². The average molecular weight is 552 g/mol. The fourth-order valence-corrected chi connectivity index (χ4v) is 3.92. The molecule has 0 bridgehead atoms. The molecule has 0 spiro atoms. The summed E-state index contributed by atoms with van der Waals surface area (Å²) in [4.78, 5) is 12.3. The second-order valence-electron chi connectivity index (χ2n) is 8.60. The highest BCUT2D eigenvalue weighted by Crippen LogP contribution is 2.33. The second-order valence-corrected chi connectivity index (χ2v) is 8.60. The van der Waals surface area contributed by atoms with Gasteiger partial charge in [0.15, 0.2) is 17.6 Å². The number of anilines is 1. The van der Waals surface area contributed by atoms with E-state index in [0.29, 0.717) is 17.6 Å². The predicted molar refractivity (Wildman–Crippen MR) is 130 cm³/mol. The van der Waals surface area contributed by atoms with Crippen molar-refractivity contribution in [2.45, 2.75) is 18.7 Å². The van der Waals surface area contributed by atoms with Gasteiger partial charge in [-0.3, -0.25) is 4.79 Å². The second kappa shape index (κ2) is 11.2. The molecule has 1 heterocycles. The summed E-state index contributed by atoms with van der Waals surface area (Å²) in [5, 5.41) is 3.21. The lowest BCUT2D eigenvalue weighted by Crippen LogP contribution is -2.42. The van der Waals surface area contributed by atoms with Crippen LogP contribution in [0.2, 0.25) is 0 Å². The molecule has 1 amide bonds. The van der Waals surface area contributed by atoms with E-state index in [4.69, 9.17) is 21.1 Å². The largest absolute Gasteiger partial charge is 0.486 e. The van der Waals surface area contributed by atoms with Crippen molar-refractivity contribution in [3.8, 4) is 11.5 Å². The molecule has 39 heavy (non-hydrogen) atoms. The lowest BCUT2D eigenvalue weighted by atomic mass is 10.1. The van der Waals surface area contributed by atoms with Gasteiger partial charge in [-0.05, 0) is 35.9 Å². The number of hydrogen-bond donors (Lipinski definition) is 3. The molecule has 1 unspecified atom stereocenters. The van der Waals surface area contributed by atoms with Crippen LogP contribution in [-0.4, -0.2) is 30.2 Å². The molecule has 0 saturated carbocycles. The van der Waals surface area contributed by atoms with Crippen LogP contribution in [0.4, 0.5) is 32.0 Å². The van der Waals surface area contributed by atoms with Gasteiger partial charge >= 0.3 is 6.18 Å². The molecule has 0 aromatic heterocycles. The Morgan fingerprint density at radius 3 is 2.38 bits per heavy atom. The van der Waals surface area contributed by atoms with Crippen LogP contribution in [0.3, 0.4) is 0 Å². The van der Waals surface area contributed by atoms with Crippen molar-refractivity contribution in [1.29, 1.82) is 0 Å². The number of fused-ring (bicyclic) bond motifs is 1. The van der Waals surface area contributed by atoms with E-state index in [1.165, 1.54) is 0 Å². The maximum atomic E-state index is 14.8. The molecule has 0 aliphatic carbocycles. The SMILES string of the molecule is N/C(=C\N(N)CC1COc2ccccc2O1)c1c(F)cc(NC(=O)Cc2cccc(C(F)(F)F)c2F)cc1F. The van der Waals surface area contributed by atoms with Crippen LogP contribution in [0, 0.1) is 17.5 Å². The molecule has 3 aromatic carbocycles. The zero-order valence-electron chi connectivity index (χ0n) is 20.1. The van der Waals surface area contributed by atoms with Crippen LogP contribution in [-0.2, 0) is 17.4 Å². The zero-order chi connectivity index (χ0) is 28.3. The van der Waals surface area contributed by atoms with Crippen molar-refractivity contribution in [2.24, 2.45) is 11.6 Å². The lowest BCUT2D eigenvalue weighted by Gasteiger charge is -2.29. The first-order valence-electron chi connectivity index (χ1n) is 11.4. The van der Waals surface area contributed by atoms with Crippen LogP contribution in [0.15, 0.2) is 60.8 Å². The number of para-hydroxylation sites is 2. The number of rotatable bonds is 7. The molecule has 0 fully saturated rings. The predicted octanol–water partition coefficient (Wildman–Crippen LogP) is 4.58.